The van der Waals surface area contributed by atoms with Crippen molar-refractivity contribution >= 4 is 10.0 Å². The first-order chi connectivity index (χ1) is 10.5. The third-order valence-corrected chi connectivity index (χ3v) is 5.18. The maximum atomic E-state index is 13.6. The number of benzene rings is 2. The lowest BCUT2D eigenvalue weighted by molar-refractivity contribution is 0.263. The van der Waals surface area contributed by atoms with Crippen molar-refractivity contribution in [3.63, 3.8) is 0 Å². The fourth-order valence-electron chi connectivity index (χ4n) is 2.46. The van der Waals surface area contributed by atoms with Gasteiger partial charge in [-0.15, -0.1) is 0 Å². The molecule has 0 fully saturated rings. The minimum absolute atomic E-state index is 0.0698. The Morgan fingerprint density at radius 3 is 2.77 bits per heavy atom. The smallest absolute Gasteiger partial charge is 0.241 e. The number of ether oxygens (including phenoxy) is 1. The van der Waals surface area contributed by atoms with E-state index >= 15 is 0 Å². The van der Waals surface area contributed by atoms with E-state index in [-0.39, 0.29) is 10.9 Å². The first kappa shape index (κ1) is 15.0. The maximum absolute atomic E-state index is 13.6. The van der Waals surface area contributed by atoms with Crippen LogP contribution in [0.15, 0.2) is 47.4 Å². The standard InChI is InChI=1S/C16H16FNO3S/c1-11-6-7-12(10-14(11)17)22(19,20)18-15-8-9-21-16-5-3-2-4-13(15)16/h2-7,10,15,18H,8-9H2,1H3. The number of sulfonamides is 1. The van der Waals surface area contributed by atoms with E-state index < -0.39 is 15.8 Å². The number of halogens is 1. The average molecular weight is 321 g/mol. The summed E-state index contributed by atoms with van der Waals surface area (Å²) >= 11 is 0. The predicted molar refractivity (Wildman–Crippen MR) is 80.8 cm³/mol. The zero-order chi connectivity index (χ0) is 15.7. The summed E-state index contributed by atoms with van der Waals surface area (Å²) in [5.74, 6) is 0.145. The van der Waals surface area contributed by atoms with Crippen molar-refractivity contribution in [2.75, 3.05) is 6.61 Å². The monoisotopic (exact) mass is 321 g/mol. The van der Waals surface area contributed by atoms with Gasteiger partial charge in [0.1, 0.15) is 11.6 Å². The molecule has 2 aromatic rings. The summed E-state index contributed by atoms with van der Waals surface area (Å²) in [7, 11) is -3.79. The highest BCUT2D eigenvalue weighted by molar-refractivity contribution is 7.89. The SMILES string of the molecule is Cc1ccc(S(=O)(=O)NC2CCOc3ccccc32)cc1F. The summed E-state index contributed by atoms with van der Waals surface area (Å²) in [5, 5.41) is 0. The molecule has 4 nitrogen and oxygen atoms in total. The first-order valence-electron chi connectivity index (χ1n) is 6.97. The van der Waals surface area contributed by atoms with Gasteiger partial charge in [-0.25, -0.2) is 17.5 Å². The van der Waals surface area contributed by atoms with Gasteiger partial charge < -0.3 is 4.74 Å². The number of rotatable bonds is 3. The highest BCUT2D eigenvalue weighted by Crippen LogP contribution is 2.32. The van der Waals surface area contributed by atoms with E-state index in [0.717, 1.165) is 11.6 Å². The van der Waals surface area contributed by atoms with Gasteiger partial charge in [0.2, 0.25) is 10.0 Å². The van der Waals surface area contributed by atoms with Crippen LogP contribution in [0, 0.1) is 12.7 Å². The van der Waals surface area contributed by atoms with Crippen molar-refractivity contribution in [2.45, 2.75) is 24.3 Å². The van der Waals surface area contributed by atoms with Gasteiger partial charge >= 0.3 is 0 Å². The molecule has 3 rings (SSSR count). The van der Waals surface area contributed by atoms with Crippen molar-refractivity contribution in [3.8, 4) is 5.75 Å². The minimum atomic E-state index is -3.79. The molecular weight excluding hydrogens is 305 g/mol. The normalized spacial score (nSPS) is 17.6. The zero-order valence-electron chi connectivity index (χ0n) is 12.0. The molecule has 0 aromatic heterocycles. The van der Waals surface area contributed by atoms with Gasteiger partial charge in [-0.1, -0.05) is 24.3 Å². The largest absolute Gasteiger partial charge is 0.493 e. The second-order valence-corrected chi connectivity index (χ2v) is 6.97. The number of hydrogen-bond donors (Lipinski definition) is 1. The lowest BCUT2D eigenvalue weighted by Gasteiger charge is -2.26. The predicted octanol–water partition coefficient (Wildman–Crippen LogP) is 2.94. The van der Waals surface area contributed by atoms with Crippen molar-refractivity contribution in [2.24, 2.45) is 0 Å². The van der Waals surface area contributed by atoms with Gasteiger partial charge in [-0.3, -0.25) is 0 Å². The summed E-state index contributed by atoms with van der Waals surface area (Å²) in [6.45, 7) is 2.03. The van der Waals surface area contributed by atoms with Crippen LogP contribution in [0.25, 0.3) is 0 Å². The van der Waals surface area contributed by atoms with E-state index in [1.54, 1.807) is 13.0 Å². The van der Waals surface area contributed by atoms with Crippen LogP contribution in [0.3, 0.4) is 0 Å². The zero-order valence-corrected chi connectivity index (χ0v) is 12.9. The van der Waals surface area contributed by atoms with Gasteiger partial charge in [0.15, 0.2) is 0 Å². The van der Waals surface area contributed by atoms with Gasteiger partial charge in [0.05, 0.1) is 17.5 Å². The summed E-state index contributed by atoms with van der Waals surface area (Å²) in [6, 6.07) is 10.8. The molecule has 2 aromatic carbocycles. The third kappa shape index (κ3) is 2.84. The van der Waals surface area contributed by atoms with Crippen LogP contribution in [0.1, 0.15) is 23.6 Å². The van der Waals surface area contributed by atoms with Crippen LogP contribution in [-0.2, 0) is 10.0 Å². The molecule has 0 spiro atoms. The molecular formula is C16H16FNO3S. The van der Waals surface area contributed by atoms with Crippen LogP contribution in [-0.4, -0.2) is 15.0 Å². The lowest BCUT2D eigenvalue weighted by Crippen LogP contribution is -2.32. The second kappa shape index (κ2) is 5.70. The van der Waals surface area contributed by atoms with Gasteiger partial charge in [0.25, 0.3) is 0 Å². The van der Waals surface area contributed by atoms with Gasteiger partial charge in [-0.2, -0.15) is 0 Å². The maximum Gasteiger partial charge on any atom is 0.241 e. The molecule has 1 unspecified atom stereocenters. The topological polar surface area (TPSA) is 55.4 Å². The molecule has 0 bridgehead atoms. The van der Waals surface area contributed by atoms with E-state index in [9.17, 15) is 12.8 Å². The lowest BCUT2D eigenvalue weighted by atomic mass is 10.0. The average Bonchev–Trinajstić information content (AvgIpc) is 2.50. The Hall–Kier alpha value is -1.92. The molecule has 1 aliphatic rings. The minimum Gasteiger partial charge on any atom is -0.493 e. The van der Waals surface area contributed by atoms with E-state index in [1.165, 1.54) is 12.1 Å². The van der Waals surface area contributed by atoms with Crippen LogP contribution >= 0.6 is 0 Å². The number of aryl methyl sites for hydroxylation is 1. The molecule has 22 heavy (non-hydrogen) atoms. The quantitative estimate of drug-likeness (QED) is 0.945. The molecule has 0 amide bonds. The van der Waals surface area contributed by atoms with Gasteiger partial charge in [0, 0.05) is 12.0 Å². The number of nitrogens with one attached hydrogen (secondary N) is 1. The molecule has 1 heterocycles. The summed E-state index contributed by atoms with van der Waals surface area (Å²) in [5.41, 5.74) is 1.21. The highest BCUT2D eigenvalue weighted by atomic mass is 32.2. The molecule has 1 N–H and O–H groups in total. The molecule has 6 heteroatoms. The third-order valence-electron chi connectivity index (χ3n) is 3.71. The van der Waals surface area contributed by atoms with Crippen molar-refractivity contribution in [1.82, 2.24) is 4.72 Å². The van der Waals surface area contributed by atoms with Crippen molar-refractivity contribution in [1.29, 1.82) is 0 Å². The Balaban J connectivity index is 1.91. The summed E-state index contributed by atoms with van der Waals surface area (Å²) < 4.78 is 46.7. The van der Waals surface area contributed by atoms with E-state index in [2.05, 4.69) is 4.72 Å². The Labute approximate surface area is 129 Å². The molecule has 0 saturated carbocycles. The Bertz CT molecular complexity index is 805. The molecule has 0 saturated heterocycles. The van der Waals surface area contributed by atoms with Crippen LogP contribution in [0.5, 0.6) is 5.75 Å². The molecule has 1 aliphatic heterocycles. The number of fused-ring (bicyclic) bond motifs is 1. The molecule has 1 atom stereocenters. The summed E-state index contributed by atoms with van der Waals surface area (Å²) in [6.07, 6.45) is 0.532. The number of para-hydroxylation sites is 1. The van der Waals surface area contributed by atoms with Crippen LogP contribution < -0.4 is 9.46 Å². The molecule has 0 aliphatic carbocycles. The van der Waals surface area contributed by atoms with E-state index in [0.29, 0.717) is 24.3 Å². The van der Waals surface area contributed by atoms with Crippen LogP contribution in [0.4, 0.5) is 4.39 Å². The molecule has 116 valence electrons. The van der Waals surface area contributed by atoms with Crippen molar-refractivity contribution < 1.29 is 17.5 Å². The Kier molecular flexibility index (Phi) is 3.88. The first-order valence-corrected chi connectivity index (χ1v) is 8.46. The van der Waals surface area contributed by atoms with Crippen LogP contribution in [0.2, 0.25) is 0 Å². The number of hydrogen-bond acceptors (Lipinski definition) is 3. The summed E-state index contributed by atoms with van der Waals surface area (Å²) in [4.78, 5) is -0.0698. The molecule has 0 radical (unpaired) electrons. The van der Waals surface area contributed by atoms with Crippen molar-refractivity contribution in [3.05, 3.63) is 59.4 Å². The Morgan fingerprint density at radius 2 is 2.00 bits per heavy atom. The highest BCUT2D eigenvalue weighted by Gasteiger charge is 2.26. The van der Waals surface area contributed by atoms with E-state index in [1.807, 2.05) is 18.2 Å². The van der Waals surface area contributed by atoms with E-state index in [4.69, 9.17) is 4.74 Å². The second-order valence-electron chi connectivity index (χ2n) is 5.26. The fraction of sp³-hybridized carbons (Fsp3) is 0.250. The van der Waals surface area contributed by atoms with Gasteiger partial charge in [-0.05, 0) is 30.7 Å². The fourth-order valence-corrected chi connectivity index (χ4v) is 3.72. The Morgan fingerprint density at radius 1 is 1.23 bits per heavy atom.